The van der Waals surface area contributed by atoms with Gasteiger partial charge in [-0.2, -0.15) is 0 Å². The van der Waals surface area contributed by atoms with Gasteiger partial charge in [0.05, 0.1) is 5.56 Å². The van der Waals surface area contributed by atoms with Gasteiger partial charge in [0.15, 0.2) is 0 Å². The molecule has 2 amide bonds. The van der Waals surface area contributed by atoms with Gasteiger partial charge in [-0.1, -0.05) is 48.5 Å². The van der Waals surface area contributed by atoms with Gasteiger partial charge in [-0.05, 0) is 31.9 Å². The maximum absolute atomic E-state index is 12.8. The zero-order valence-corrected chi connectivity index (χ0v) is 17.4. The summed E-state index contributed by atoms with van der Waals surface area (Å²) in [5.41, 5.74) is 2.25. The normalized spacial score (nSPS) is 10.7. The number of likely N-dealkylation sites (N-methyl/N-ethyl adjacent to an activating group) is 1. The topological polar surface area (TPSA) is 71.4 Å². The summed E-state index contributed by atoms with van der Waals surface area (Å²) in [5.74, 6) is -1.20. The number of fused-ring (bicyclic) bond motifs is 1. The Hall–Kier alpha value is -3.41. The maximum Gasteiger partial charge on any atom is 0.295 e. The Morgan fingerprint density at radius 3 is 2.30 bits per heavy atom. The quantitative estimate of drug-likeness (QED) is 0.439. The van der Waals surface area contributed by atoms with Crippen molar-refractivity contribution >= 4 is 28.5 Å². The number of nitrogens with zero attached hydrogens (tertiary/aromatic N) is 2. The van der Waals surface area contributed by atoms with Crippen LogP contribution >= 0.6 is 0 Å². The molecule has 156 valence electrons. The molecular weight excluding hydrogens is 378 g/mol. The van der Waals surface area contributed by atoms with E-state index >= 15 is 0 Å². The largest absolute Gasteiger partial charge is 0.354 e. The molecule has 1 heterocycles. The molecule has 3 rings (SSSR count). The Bertz CT molecular complexity index is 1040. The van der Waals surface area contributed by atoms with Crippen molar-refractivity contribution in [2.24, 2.45) is 0 Å². The number of nitrogens with one attached hydrogen (secondary N) is 1. The van der Waals surface area contributed by atoms with Gasteiger partial charge in [-0.3, -0.25) is 14.4 Å². The number of hydrogen-bond acceptors (Lipinski definition) is 3. The van der Waals surface area contributed by atoms with Crippen molar-refractivity contribution < 1.29 is 14.4 Å². The van der Waals surface area contributed by atoms with Crippen LogP contribution in [0.3, 0.4) is 0 Å². The first-order valence-electron chi connectivity index (χ1n) is 10.3. The predicted molar refractivity (Wildman–Crippen MR) is 117 cm³/mol. The van der Waals surface area contributed by atoms with E-state index in [1.165, 1.54) is 4.90 Å². The summed E-state index contributed by atoms with van der Waals surface area (Å²) in [5, 5.41) is 3.60. The van der Waals surface area contributed by atoms with Crippen molar-refractivity contribution in [1.82, 2.24) is 14.8 Å². The molecule has 3 aromatic rings. The zero-order chi connectivity index (χ0) is 21.5. The Morgan fingerprint density at radius 2 is 1.60 bits per heavy atom. The first-order valence-corrected chi connectivity index (χ1v) is 10.3. The molecule has 0 aliphatic rings. The molecule has 2 aromatic carbocycles. The Labute approximate surface area is 176 Å². The summed E-state index contributed by atoms with van der Waals surface area (Å²) in [6.45, 7) is 5.26. The molecule has 0 fully saturated rings. The van der Waals surface area contributed by atoms with E-state index in [-0.39, 0.29) is 12.5 Å². The lowest BCUT2D eigenvalue weighted by Gasteiger charge is -2.17. The molecule has 0 atom stereocenters. The smallest absolute Gasteiger partial charge is 0.295 e. The van der Waals surface area contributed by atoms with E-state index in [1.54, 1.807) is 10.8 Å². The molecular formula is C24H27N3O3. The summed E-state index contributed by atoms with van der Waals surface area (Å²) in [7, 11) is 0. The van der Waals surface area contributed by atoms with Crippen LogP contribution in [0.15, 0.2) is 60.8 Å². The van der Waals surface area contributed by atoms with Crippen molar-refractivity contribution in [3.63, 3.8) is 0 Å². The van der Waals surface area contributed by atoms with Crippen molar-refractivity contribution in [3.8, 4) is 0 Å². The van der Waals surface area contributed by atoms with E-state index in [0.29, 0.717) is 30.6 Å². The minimum absolute atomic E-state index is 0.0854. The fourth-order valence-corrected chi connectivity index (χ4v) is 3.53. The van der Waals surface area contributed by atoms with E-state index in [9.17, 15) is 14.4 Å². The molecule has 0 spiro atoms. The van der Waals surface area contributed by atoms with Crippen LogP contribution in [0, 0.1) is 0 Å². The first-order chi connectivity index (χ1) is 14.5. The number of benzene rings is 2. The van der Waals surface area contributed by atoms with Crippen LogP contribution < -0.4 is 5.32 Å². The van der Waals surface area contributed by atoms with E-state index in [0.717, 1.165) is 17.5 Å². The van der Waals surface area contributed by atoms with Gasteiger partial charge in [0.25, 0.3) is 11.7 Å². The van der Waals surface area contributed by atoms with Crippen LogP contribution in [-0.2, 0) is 22.6 Å². The molecule has 0 aliphatic heterocycles. The zero-order valence-electron chi connectivity index (χ0n) is 17.4. The minimum atomic E-state index is -0.543. The van der Waals surface area contributed by atoms with E-state index < -0.39 is 11.7 Å². The number of rotatable bonds is 9. The lowest BCUT2D eigenvalue weighted by atomic mass is 10.1. The third-order valence-corrected chi connectivity index (χ3v) is 5.17. The molecule has 6 nitrogen and oxygen atoms in total. The van der Waals surface area contributed by atoms with Crippen LogP contribution in [0.5, 0.6) is 0 Å². The number of Topliss-reactive ketones (excluding diaryl/α,β-unsaturated/α-hetero) is 1. The fraction of sp³-hybridized carbons (Fsp3) is 0.292. The van der Waals surface area contributed by atoms with E-state index in [4.69, 9.17) is 0 Å². The van der Waals surface area contributed by atoms with Crippen LogP contribution in [-0.4, -0.2) is 46.7 Å². The molecule has 0 saturated heterocycles. The highest BCUT2D eigenvalue weighted by Gasteiger charge is 2.25. The van der Waals surface area contributed by atoms with Gasteiger partial charge in [0.2, 0.25) is 5.91 Å². The van der Waals surface area contributed by atoms with Gasteiger partial charge in [0.1, 0.15) is 6.54 Å². The molecule has 0 radical (unpaired) electrons. The second-order valence-corrected chi connectivity index (χ2v) is 7.08. The van der Waals surface area contributed by atoms with E-state index in [2.05, 4.69) is 5.32 Å². The summed E-state index contributed by atoms with van der Waals surface area (Å²) in [6, 6.07) is 17.3. The van der Waals surface area contributed by atoms with Crippen LogP contribution in [0.1, 0.15) is 29.8 Å². The molecule has 0 saturated carbocycles. The van der Waals surface area contributed by atoms with Crippen LogP contribution in [0.2, 0.25) is 0 Å². The van der Waals surface area contributed by atoms with Gasteiger partial charge < -0.3 is 14.8 Å². The fourth-order valence-electron chi connectivity index (χ4n) is 3.53. The van der Waals surface area contributed by atoms with E-state index in [1.807, 2.05) is 68.4 Å². The SMILES string of the molecule is CCN(CC)C(=O)C(=O)c1cn(CC(=O)NCCc2ccccc2)c2ccccc12. The third kappa shape index (κ3) is 4.76. The third-order valence-electron chi connectivity index (χ3n) is 5.17. The Kier molecular flexibility index (Phi) is 7.01. The summed E-state index contributed by atoms with van der Waals surface area (Å²) in [6.07, 6.45) is 2.37. The highest BCUT2D eigenvalue weighted by atomic mass is 16.2. The average Bonchev–Trinajstić information content (AvgIpc) is 3.13. The average molecular weight is 405 g/mol. The Morgan fingerprint density at radius 1 is 0.933 bits per heavy atom. The Balaban J connectivity index is 1.74. The van der Waals surface area contributed by atoms with Gasteiger partial charge in [-0.25, -0.2) is 0 Å². The van der Waals surface area contributed by atoms with Crippen LogP contribution in [0.4, 0.5) is 0 Å². The highest BCUT2D eigenvalue weighted by Crippen LogP contribution is 2.22. The van der Waals surface area contributed by atoms with Crippen molar-refractivity contribution in [2.75, 3.05) is 19.6 Å². The number of aromatic nitrogens is 1. The molecule has 1 N–H and O–H groups in total. The van der Waals surface area contributed by atoms with Crippen LogP contribution in [0.25, 0.3) is 10.9 Å². The number of ketones is 1. The van der Waals surface area contributed by atoms with Gasteiger partial charge >= 0.3 is 0 Å². The molecule has 0 aliphatic carbocycles. The molecule has 1 aromatic heterocycles. The molecule has 30 heavy (non-hydrogen) atoms. The summed E-state index contributed by atoms with van der Waals surface area (Å²) < 4.78 is 1.73. The number of para-hydroxylation sites is 1. The van der Waals surface area contributed by atoms with Crippen molar-refractivity contribution in [2.45, 2.75) is 26.8 Å². The van der Waals surface area contributed by atoms with Crippen molar-refractivity contribution in [1.29, 1.82) is 0 Å². The van der Waals surface area contributed by atoms with Gasteiger partial charge in [0, 0.05) is 36.7 Å². The molecule has 0 unspecified atom stereocenters. The van der Waals surface area contributed by atoms with Gasteiger partial charge in [-0.15, -0.1) is 0 Å². The lowest BCUT2D eigenvalue weighted by Crippen LogP contribution is -2.36. The summed E-state index contributed by atoms with van der Waals surface area (Å²) >= 11 is 0. The number of hydrogen-bond donors (Lipinski definition) is 1. The predicted octanol–water partition coefficient (Wildman–Crippen LogP) is 3.05. The lowest BCUT2D eigenvalue weighted by molar-refractivity contribution is -0.126. The molecule has 0 bridgehead atoms. The minimum Gasteiger partial charge on any atom is -0.354 e. The molecule has 6 heteroatoms. The number of carbonyl (C=O) groups is 3. The highest BCUT2D eigenvalue weighted by molar-refractivity contribution is 6.44. The summed E-state index contributed by atoms with van der Waals surface area (Å²) in [4.78, 5) is 39.4. The van der Waals surface area contributed by atoms with Crippen molar-refractivity contribution in [3.05, 3.63) is 71.9 Å². The standard InChI is InChI=1S/C24H27N3O3/c1-3-26(4-2)24(30)23(29)20-16-27(21-13-9-8-12-19(20)21)17-22(28)25-15-14-18-10-6-5-7-11-18/h5-13,16H,3-4,14-15,17H2,1-2H3,(H,25,28). The first kappa shape index (κ1) is 21.3. The number of amides is 2. The number of carbonyl (C=O) groups excluding carboxylic acids is 3. The monoisotopic (exact) mass is 405 g/mol. The second kappa shape index (κ2) is 9.87. The second-order valence-electron chi connectivity index (χ2n) is 7.08. The maximum atomic E-state index is 12.8.